The van der Waals surface area contributed by atoms with E-state index in [2.05, 4.69) is 21.9 Å². The predicted octanol–water partition coefficient (Wildman–Crippen LogP) is 0.721. The zero-order valence-corrected chi connectivity index (χ0v) is 4.20. The molecule has 0 radical (unpaired) electrons. The Hall–Kier alpha value is -0.990. The minimum atomic E-state index is 1.28. The third-order valence-electron chi connectivity index (χ3n) is 0.315. The van der Waals surface area contributed by atoms with Gasteiger partial charge in [0.2, 0.25) is 0 Å². The quantitative estimate of drug-likeness (QED) is 0.276. The average Bonchev–Trinajstić information content (AvgIpc) is 1.69. The first-order valence-corrected chi connectivity index (χ1v) is 1.87. The van der Waals surface area contributed by atoms with Crippen LogP contribution in [0.4, 0.5) is 0 Å². The van der Waals surface area contributed by atoms with Crippen LogP contribution in [0.5, 0.6) is 0 Å². The molecule has 0 aromatic heterocycles. The molecule has 0 N–H and O–H groups in total. The first-order valence-electron chi connectivity index (χ1n) is 1.87. The molecule has 0 atom stereocenters. The molecule has 7 heavy (non-hydrogen) atoms. The van der Waals surface area contributed by atoms with Crippen molar-refractivity contribution in [1.29, 1.82) is 0 Å². The normalized spacial score (nSPS) is 11.0. The maximum Gasteiger partial charge on any atom is 0.137 e. The summed E-state index contributed by atoms with van der Waals surface area (Å²) in [5, 5.41) is 6.90. The molecule has 0 rings (SSSR count). The van der Waals surface area contributed by atoms with E-state index >= 15 is 0 Å². The van der Waals surface area contributed by atoms with Crippen molar-refractivity contribution in [3.8, 4) is 0 Å². The van der Waals surface area contributed by atoms with Crippen LogP contribution in [0.3, 0.4) is 0 Å². The van der Waals surface area contributed by atoms with Gasteiger partial charge in [0.1, 0.15) is 6.34 Å². The van der Waals surface area contributed by atoms with Gasteiger partial charge >= 0.3 is 0 Å². The summed E-state index contributed by atoms with van der Waals surface area (Å²) in [6.07, 6.45) is 2.85. The zero-order chi connectivity index (χ0) is 5.54. The molecule has 0 saturated heterocycles. The van der Waals surface area contributed by atoms with Crippen LogP contribution in [0.2, 0.25) is 0 Å². The lowest BCUT2D eigenvalue weighted by molar-refractivity contribution is 1.25. The monoisotopic (exact) mass is 97.1 g/mol. The summed E-state index contributed by atoms with van der Waals surface area (Å²) in [6.45, 7) is 4.94. The minimum absolute atomic E-state index is 1.28. The molecule has 0 aliphatic heterocycles. The van der Waals surface area contributed by atoms with E-state index in [0.29, 0.717) is 0 Å². The van der Waals surface area contributed by atoms with Gasteiger partial charge in [-0.05, 0) is 13.6 Å². The van der Waals surface area contributed by atoms with Crippen molar-refractivity contribution in [2.75, 3.05) is 0 Å². The second-order valence-corrected chi connectivity index (χ2v) is 0.787. The second kappa shape index (κ2) is 5.01. The largest absolute Gasteiger partial charge is 0.251 e. The van der Waals surface area contributed by atoms with Crippen molar-refractivity contribution in [2.45, 2.75) is 6.92 Å². The fourth-order valence-electron chi connectivity index (χ4n) is 0.133. The molecule has 0 amide bonds. The highest BCUT2D eigenvalue weighted by atomic mass is 15.2. The number of nitrogens with zero attached hydrogens (tertiary/aromatic N) is 3. The van der Waals surface area contributed by atoms with Gasteiger partial charge in [-0.2, -0.15) is 5.10 Å². The smallest absolute Gasteiger partial charge is 0.137 e. The molecule has 0 heterocycles. The predicted molar refractivity (Wildman–Crippen MR) is 32.2 cm³/mol. The van der Waals surface area contributed by atoms with Gasteiger partial charge in [0.15, 0.2) is 0 Å². The molecule has 0 aromatic carbocycles. The standard InChI is InChI=1S/C4H7N3/c1-3-6-7-4-5-2/h3-4H,2H2,1H3/b6-3-,7-4-. The molecule has 0 bridgehead atoms. The highest BCUT2D eigenvalue weighted by Crippen LogP contribution is 1.63. The molecular formula is C4H7N3. The molecule has 0 aromatic rings. The average molecular weight is 97.1 g/mol. The molecule has 0 unspecified atom stereocenters. The maximum atomic E-state index is 3.47. The topological polar surface area (TPSA) is 37.1 Å². The lowest BCUT2D eigenvalue weighted by atomic mass is 10.9. The Bertz CT molecular complexity index is 93.1. The van der Waals surface area contributed by atoms with Gasteiger partial charge in [-0.1, -0.05) is 0 Å². The summed E-state index contributed by atoms with van der Waals surface area (Å²) in [7, 11) is 0. The maximum absolute atomic E-state index is 3.47. The minimum Gasteiger partial charge on any atom is -0.251 e. The van der Waals surface area contributed by atoms with Crippen LogP contribution in [0.25, 0.3) is 0 Å². The molecule has 3 nitrogen and oxygen atoms in total. The van der Waals surface area contributed by atoms with E-state index in [0.717, 1.165) is 0 Å². The first-order chi connectivity index (χ1) is 3.41. The summed E-state index contributed by atoms with van der Waals surface area (Å²) in [6, 6.07) is 0. The third kappa shape index (κ3) is 5.01. The molecule has 0 spiro atoms. The molecule has 0 aliphatic carbocycles. The van der Waals surface area contributed by atoms with E-state index < -0.39 is 0 Å². The Kier molecular flexibility index (Phi) is 4.30. The summed E-state index contributed by atoms with van der Waals surface area (Å²) in [5.74, 6) is 0. The summed E-state index contributed by atoms with van der Waals surface area (Å²) in [4.78, 5) is 3.32. The van der Waals surface area contributed by atoms with Gasteiger partial charge in [0, 0.05) is 6.21 Å². The lowest BCUT2D eigenvalue weighted by Crippen LogP contribution is -1.59. The van der Waals surface area contributed by atoms with Crippen LogP contribution in [0, 0.1) is 0 Å². The molecule has 0 saturated carbocycles. The van der Waals surface area contributed by atoms with Gasteiger partial charge in [-0.15, -0.1) is 5.10 Å². The lowest BCUT2D eigenvalue weighted by Gasteiger charge is -1.66. The van der Waals surface area contributed by atoms with E-state index in [1.54, 1.807) is 13.1 Å². The van der Waals surface area contributed by atoms with E-state index in [1.807, 2.05) is 0 Å². The van der Waals surface area contributed by atoms with Crippen LogP contribution in [0.1, 0.15) is 6.92 Å². The van der Waals surface area contributed by atoms with Gasteiger partial charge in [0.05, 0.1) is 0 Å². The summed E-state index contributed by atoms with van der Waals surface area (Å²) in [5.41, 5.74) is 0. The van der Waals surface area contributed by atoms with E-state index in [9.17, 15) is 0 Å². The van der Waals surface area contributed by atoms with E-state index in [1.165, 1.54) is 6.34 Å². The van der Waals surface area contributed by atoms with Gasteiger partial charge in [0.25, 0.3) is 0 Å². The fraction of sp³-hybridized carbons (Fsp3) is 0.250. The SMILES string of the molecule is C=N/C=N\N=C/C. The summed E-state index contributed by atoms with van der Waals surface area (Å²) < 4.78 is 0. The van der Waals surface area contributed by atoms with Crippen molar-refractivity contribution >= 4 is 19.3 Å². The molecule has 0 aliphatic rings. The van der Waals surface area contributed by atoms with Gasteiger partial charge < -0.3 is 0 Å². The van der Waals surface area contributed by atoms with Crippen molar-refractivity contribution in [1.82, 2.24) is 0 Å². The Balaban J connectivity index is 3.27. The Morgan fingerprint density at radius 3 is 2.57 bits per heavy atom. The highest BCUT2D eigenvalue weighted by Gasteiger charge is 1.52. The van der Waals surface area contributed by atoms with Gasteiger partial charge in [-0.25, -0.2) is 0 Å². The number of aliphatic imine (C=N–C) groups is 1. The number of hydrogen-bond donors (Lipinski definition) is 0. The Morgan fingerprint density at radius 2 is 2.14 bits per heavy atom. The summed E-state index contributed by atoms with van der Waals surface area (Å²) >= 11 is 0. The highest BCUT2D eigenvalue weighted by molar-refractivity contribution is 5.63. The van der Waals surface area contributed by atoms with Gasteiger partial charge in [-0.3, -0.25) is 4.99 Å². The number of hydrogen-bond acceptors (Lipinski definition) is 2. The Labute approximate surface area is 42.5 Å². The molecule has 38 valence electrons. The van der Waals surface area contributed by atoms with Crippen LogP contribution < -0.4 is 0 Å². The molecule has 0 fully saturated rings. The van der Waals surface area contributed by atoms with E-state index in [-0.39, 0.29) is 0 Å². The van der Waals surface area contributed by atoms with Crippen LogP contribution in [-0.2, 0) is 0 Å². The van der Waals surface area contributed by atoms with E-state index in [4.69, 9.17) is 0 Å². The number of rotatable bonds is 2. The van der Waals surface area contributed by atoms with Crippen molar-refractivity contribution in [3.05, 3.63) is 0 Å². The van der Waals surface area contributed by atoms with Crippen LogP contribution in [-0.4, -0.2) is 19.3 Å². The fourth-order valence-corrected chi connectivity index (χ4v) is 0.133. The zero-order valence-electron chi connectivity index (χ0n) is 4.20. The van der Waals surface area contributed by atoms with Crippen LogP contribution >= 0.6 is 0 Å². The second-order valence-electron chi connectivity index (χ2n) is 0.787. The molecular weight excluding hydrogens is 90.1 g/mol. The van der Waals surface area contributed by atoms with Crippen molar-refractivity contribution < 1.29 is 0 Å². The molecule has 3 heteroatoms. The first kappa shape index (κ1) is 6.01. The van der Waals surface area contributed by atoms with Crippen LogP contribution in [0.15, 0.2) is 15.2 Å². The van der Waals surface area contributed by atoms with Crippen molar-refractivity contribution in [2.24, 2.45) is 15.2 Å². The van der Waals surface area contributed by atoms with Crippen molar-refractivity contribution in [3.63, 3.8) is 0 Å². The Morgan fingerprint density at radius 1 is 1.43 bits per heavy atom. The third-order valence-corrected chi connectivity index (χ3v) is 0.315.